The lowest BCUT2D eigenvalue weighted by Crippen LogP contribution is -2.58. The van der Waals surface area contributed by atoms with E-state index in [9.17, 15) is 4.79 Å². The number of fused-ring (bicyclic) bond motifs is 2. The van der Waals surface area contributed by atoms with Crippen molar-refractivity contribution in [2.24, 2.45) is 0 Å². The van der Waals surface area contributed by atoms with Crippen LogP contribution >= 0.6 is 11.6 Å². The summed E-state index contributed by atoms with van der Waals surface area (Å²) in [4.78, 5) is 30.2. The monoisotopic (exact) mass is 562 g/mol. The van der Waals surface area contributed by atoms with Crippen LogP contribution in [0.25, 0.3) is 32.9 Å². The fraction of sp³-hybridized carbons (Fsp3) is 0.379. The lowest BCUT2D eigenvalue weighted by Gasteiger charge is -2.43. The number of aryl methyl sites for hydroxylation is 1. The van der Waals surface area contributed by atoms with Crippen LogP contribution in [0, 0.1) is 12.7 Å². The van der Waals surface area contributed by atoms with Gasteiger partial charge in [-0.1, -0.05) is 24.2 Å². The molecule has 0 saturated carbocycles. The average Bonchev–Trinajstić information content (AvgIpc) is 3.37. The van der Waals surface area contributed by atoms with E-state index < -0.39 is 5.82 Å². The second-order valence-electron chi connectivity index (χ2n) is 10.9. The molecule has 11 heteroatoms. The van der Waals surface area contributed by atoms with Crippen LogP contribution in [-0.2, 0) is 4.79 Å². The first-order valence-electron chi connectivity index (χ1n) is 13.4. The third-order valence-electron chi connectivity index (χ3n) is 8.19. The summed E-state index contributed by atoms with van der Waals surface area (Å²) in [7, 11) is 4.10. The summed E-state index contributed by atoms with van der Waals surface area (Å²) in [5, 5.41) is 8.76. The zero-order chi connectivity index (χ0) is 28.3. The highest BCUT2D eigenvalue weighted by Crippen LogP contribution is 2.42. The number of anilines is 2. The molecule has 4 aromatic rings. The maximum Gasteiger partial charge on any atom is 0.246 e. The number of likely N-dealkylation sites (N-methyl/N-ethyl adjacent to an activating group) is 1. The highest BCUT2D eigenvalue weighted by molar-refractivity contribution is 6.35. The summed E-state index contributed by atoms with van der Waals surface area (Å²) in [6.45, 7) is 10.7. The smallest absolute Gasteiger partial charge is 0.246 e. The Morgan fingerprint density at radius 2 is 1.93 bits per heavy atom. The average molecular weight is 563 g/mol. The molecule has 1 amide bonds. The third-order valence-corrected chi connectivity index (χ3v) is 8.49. The van der Waals surface area contributed by atoms with Gasteiger partial charge in [0.15, 0.2) is 5.82 Å². The summed E-state index contributed by atoms with van der Waals surface area (Å²) >= 11 is 6.88. The van der Waals surface area contributed by atoms with Gasteiger partial charge in [0.2, 0.25) is 11.9 Å². The number of aromatic nitrogens is 4. The summed E-state index contributed by atoms with van der Waals surface area (Å²) in [6.07, 6.45) is 3.04. The molecular weight excluding hydrogens is 531 g/mol. The Kier molecular flexibility index (Phi) is 6.62. The fourth-order valence-electron chi connectivity index (χ4n) is 5.78. The number of rotatable bonds is 5. The van der Waals surface area contributed by atoms with Gasteiger partial charge < -0.3 is 19.6 Å². The molecule has 208 valence electrons. The summed E-state index contributed by atoms with van der Waals surface area (Å²) in [5.41, 5.74) is 2.91. The molecular formula is C29H32ClFN8O. The second-order valence-corrected chi connectivity index (χ2v) is 11.3. The van der Waals surface area contributed by atoms with E-state index in [1.165, 1.54) is 6.08 Å². The maximum absolute atomic E-state index is 16.7. The van der Waals surface area contributed by atoms with Crippen molar-refractivity contribution in [3.05, 3.63) is 53.5 Å². The van der Waals surface area contributed by atoms with Gasteiger partial charge in [0.25, 0.3) is 0 Å². The van der Waals surface area contributed by atoms with Crippen LogP contribution in [-0.4, -0.2) is 94.8 Å². The van der Waals surface area contributed by atoms with Crippen molar-refractivity contribution in [2.75, 3.05) is 56.6 Å². The van der Waals surface area contributed by atoms with Crippen molar-refractivity contribution < 1.29 is 9.18 Å². The number of nitrogens with zero attached hydrogens (tertiary/aromatic N) is 7. The number of H-pyrrole nitrogens is 1. The predicted octanol–water partition coefficient (Wildman–Crippen LogP) is 4.25. The van der Waals surface area contributed by atoms with Crippen molar-refractivity contribution in [3.63, 3.8) is 0 Å². The number of hydrogen-bond donors (Lipinski definition) is 1. The molecule has 2 saturated heterocycles. The van der Waals surface area contributed by atoms with Gasteiger partial charge in [-0.05, 0) is 51.7 Å². The van der Waals surface area contributed by atoms with Crippen LogP contribution in [0.5, 0.6) is 0 Å². The van der Waals surface area contributed by atoms with Gasteiger partial charge in [0, 0.05) is 66.7 Å². The number of benzene rings is 2. The van der Waals surface area contributed by atoms with Crippen LogP contribution in [0.4, 0.5) is 16.2 Å². The van der Waals surface area contributed by atoms with E-state index in [2.05, 4.69) is 31.5 Å². The maximum atomic E-state index is 16.7. The lowest BCUT2D eigenvalue weighted by molar-refractivity contribution is -0.128. The Morgan fingerprint density at radius 3 is 2.62 bits per heavy atom. The molecule has 2 aliphatic heterocycles. The van der Waals surface area contributed by atoms with Gasteiger partial charge in [0.1, 0.15) is 11.3 Å². The number of nitrogens with one attached hydrogen (secondary N) is 1. The van der Waals surface area contributed by atoms with E-state index in [-0.39, 0.29) is 22.5 Å². The van der Waals surface area contributed by atoms with Gasteiger partial charge in [-0.3, -0.25) is 9.89 Å². The van der Waals surface area contributed by atoms with Crippen LogP contribution in [0.2, 0.25) is 5.02 Å². The second kappa shape index (κ2) is 10.0. The Morgan fingerprint density at radius 1 is 1.15 bits per heavy atom. The van der Waals surface area contributed by atoms with Gasteiger partial charge in [-0.2, -0.15) is 10.1 Å². The van der Waals surface area contributed by atoms with E-state index in [4.69, 9.17) is 21.6 Å². The molecule has 4 heterocycles. The Bertz CT molecular complexity index is 1650. The minimum absolute atomic E-state index is 0.0734. The van der Waals surface area contributed by atoms with Gasteiger partial charge in [0.05, 0.1) is 16.7 Å². The molecule has 2 aliphatic rings. The fourth-order valence-corrected chi connectivity index (χ4v) is 6.06. The quantitative estimate of drug-likeness (QED) is 0.364. The molecule has 6 rings (SSSR count). The zero-order valence-corrected chi connectivity index (χ0v) is 23.8. The highest BCUT2D eigenvalue weighted by Gasteiger charge is 2.34. The number of hydrogen-bond acceptors (Lipinski definition) is 7. The largest absolute Gasteiger partial charge is 0.352 e. The van der Waals surface area contributed by atoms with Gasteiger partial charge in [-0.15, -0.1) is 0 Å². The van der Waals surface area contributed by atoms with E-state index in [1.807, 2.05) is 40.1 Å². The van der Waals surface area contributed by atoms with Crippen LogP contribution in [0.3, 0.4) is 0 Å². The first kappa shape index (κ1) is 26.5. The number of aromatic amines is 1. The summed E-state index contributed by atoms with van der Waals surface area (Å²) < 4.78 is 16.7. The molecule has 0 spiro atoms. The highest BCUT2D eigenvalue weighted by atomic mass is 35.5. The van der Waals surface area contributed by atoms with Crippen LogP contribution < -0.4 is 9.80 Å². The molecule has 1 N–H and O–H groups in total. The molecule has 2 fully saturated rings. The molecule has 40 heavy (non-hydrogen) atoms. The normalized spacial score (nSPS) is 18.2. The third kappa shape index (κ3) is 4.26. The lowest BCUT2D eigenvalue weighted by atomic mass is 9.95. The molecule has 1 atom stereocenters. The van der Waals surface area contributed by atoms with E-state index in [0.717, 1.165) is 29.6 Å². The van der Waals surface area contributed by atoms with Crippen molar-refractivity contribution in [2.45, 2.75) is 25.9 Å². The first-order valence-corrected chi connectivity index (χ1v) is 13.8. The van der Waals surface area contributed by atoms with Gasteiger partial charge >= 0.3 is 0 Å². The zero-order valence-electron chi connectivity index (χ0n) is 23.1. The molecule has 0 radical (unpaired) electrons. The Balaban J connectivity index is 1.51. The van der Waals surface area contributed by atoms with Crippen LogP contribution in [0.15, 0.2) is 37.1 Å². The summed E-state index contributed by atoms with van der Waals surface area (Å²) in [6, 6.07) is 5.94. The topological polar surface area (TPSA) is 84.5 Å². The van der Waals surface area contributed by atoms with Crippen molar-refractivity contribution in [3.8, 4) is 11.1 Å². The van der Waals surface area contributed by atoms with Crippen molar-refractivity contribution in [1.29, 1.82) is 0 Å². The molecule has 0 aliphatic carbocycles. The number of carbonyl (C=O) groups excluding carboxylic acids is 1. The SMILES string of the molecule is C=CC(=O)N1CCN(c2nc(N3CC(N(C)C)C3)nc3c(F)c(-c4c(C)ccc5[nH]ncc45)c(Cl)cc23)CC1C. The van der Waals surface area contributed by atoms with Crippen molar-refractivity contribution in [1.82, 2.24) is 30.0 Å². The predicted molar refractivity (Wildman–Crippen MR) is 158 cm³/mol. The van der Waals surface area contributed by atoms with E-state index in [1.54, 1.807) is 17.2 Å². The first-order chi connectivity index (χ1) is 19.2. The Hall–Kier alpha value is -3.76. The number of carbonyl (C=O) groups is 1. The number of amides is 1. The number of piperazine rings is 1. The molecule has 9 nitrogen and oxygen atoms in total. The molecule has 2 aromatic carbocycles. The summed E-state index contributed by atoms with van der Waals surface area (Å²) in [5.74, 6) is 0.528. The number of halogens is 2. The van der Waals surface area contributed by atoms with E-state index in [0.29, 0.717) is 54.0 Å². The minimum atomic E-state index is -0.484. The Labute approximate surface area is 237 Å². The molecule has 1 unspecified atom stereocenters. The van der Waals surface area contributed by atoms with Crippen LogP contribution in [0.1, 0.15) is 12.5 Å². The standard InChI is InChI=1S/C29H32ClFN8O/c1-6-23(40)39-10-9-37(13-17(39)3)28-19-11-21(30)25(24-16(2)7-8-22-20(24)12-32-35-22)26(31)27(19)33-29(34-28)38-14-18(15-38)36(4)5/h6-8,11-12,17-18H,1,9-10,13-15H2,2-5H3,(H,32,35). The minimum Gasteiger partial charge on any atom is -0.352 e. The van der Waals surface area contributed by atoms with Crippen molar-refractivity contribution >= 4 is 51.1 Å². The molecule has 2 aromatic heterocycles. The van der Waals surface area contributed by atoms with Gasteiger partial charge in [-0.25, -0.2) is 9.37 Å². The van der Waals surface area contributed by atoms with E-state index >= 15 is 4.39 Å². The molecule has 0 bridgehead atoms.